The zero-order valence-corrected chi connectivity index (χ0v) is 14.2. The predicted octanol–water partition coefficient (Wildman–Crippen LogP) is 2.85. The van der Waals surface area contributed by atoms with Gasteiger partial charge in [0.2, 0.25) is 10.0 Å². The van der Waals surface area contributed by atoms with Crippen LogP contribution < -0.4 is 4.31 Å². The Hall–Kier alpha value is -1.36. The Bertz CT molecular complexity index is 696. The molecule has 2 atom stereocenters. The summed E-state index contributed by atoms with van der Waals surface area (Å²) < 4.78 is 27.1. The molecule has 1 aromatic carbocycles. The van der Waals surface area contributed by atoms with Crippen LogP contribution in [0.5, 0.6) is 0 Å². The summed E-state index contributed by atoms with van der Waals surface area (Å²) in [6.45, 7) is 4.13. The number of rotatable bonds is 4. The Morgan fingerprint density at radius 3 is 2.36 bits per heavy atom. The lowest BCUT2D eigenvalue weighted by Gasteiger charge is -2.37. The maximum atomic E-state index is 12.9. The van der Waals surface area contributed by atoms with Crippen molar-refractivity contribution < 1.29 is 13.2 Å². The highest BCUT2D eigenvalue weighted by Gasteiger charge is 2.65. The van der Waals surface area contributed by atoms with Gasteiger partial charge in [0.15, 0.2) is 0 Å². The van der Waals surface area contributed by atoms with Crippen LogP contribution in [0.2, 0.25) is 0 Å². The van der Waals surface area contributed by atoms with Gasteiger partial charge >= 0.3 is 0 Å². The number of benzene rings is 1. The van der Waals surface area contributed by atoms with E-state index in [4.69, 9.17) is 0 Å². The van der Waals surface area contributed by atoms with Gasteiger partial charge in [-0.25, -0.2) is 8.42 Å². The lowest BCUT2D eigenvalue weighted by molar-refractivity contribution is -0.128. The minimum Gasteiger partial charge on any atom is -0.299 e. The lowest BCUT2D eigenvalue weighted by atomic mass is 9.70. The molecule has 0 aliphatic heterocycles. The van der Waals surface area contributed by atoms with E-state index >= 15 is 0 Å². The van der Waals surface area contributed by atoms with Crippen LogP contribution in [0.25, 0.3) is 0 Å². The summed E-state index contributed by atoms with van der Waals surface area (Å²) >= 11 is 0. The number of ketones is 1. The number of fused-ring (bicyclic) bond motifs is 2. The molecule has 0 aromatic heterocycles. The highest BCUT2D eigenvalue weighted by molar-refractivity contribution is 7.92. The Labute approximate surface area is 132 Å². The highest BCUT2D eigenvalue weighted by Crippen LogP contribution is 2.64. The highest BCUT2D eigenvalue weighted by atomic mass is 32.2. The number of para-hydroxylation sites is 1. The normalized spacial score (nSPS) is 29.8. The van der Waals surface area contributed by atoms with Crippen molar-refractivity contribution in [1.29, 1.82) is 0 Å². The number of Topliss-reactive ketones (excluding diaryl/α,β-unsaturated/α-hetero) is 1. The Morgan fingerprint density at radius 1 is 1.23 bits per heavy atom. The molecule has 0 N–H and O–H groups in total. The molecular weight excluding hydrogens is 298 g/mol. The Kier molecular flexibility index (Phi) is 3.40. The number of hydrogen-bond acceptors (Lipinski definition) is 3. The third kappa shape index (κ3) is 2.02. The van der Waals surface area contributed by atoms with Gasteiger partial charge in [-0.1, -0.05) is 32.0 Å². The van der Waals surface area contributed by atoms with Gasteiger partial charge in [0.05, 0.1) is 16.9 Å². The number of anilines is 1. The zero-order valence-electron chi connectivity index (χ0n) is 13.4. The van der Waals surface area contributed by atoms with Crippen LogP contribution in [0.3, 0.4) is 0 Å². The molecule has 2 aliphatic carbocycles. The maximum absolute atomic E-state index is 12.9. The second-order valence-corrected chi connectivity index (χ2v) is 9.23. The van der Waals surface area contributed by atoms with Crippen molar-refractivity contribution in [2.75, 3.05) is 17.1 Å². The summed E-state index contributed by atoms with van der Waals surface area (Å²) in [5.74, 6) is 0.393. The number of hydrogen-bond donors (Lipinski definition) is 0. The second-order valence-electron chi connectivity index (χ2n) is 7.23. The first-order chi connectivity index (χ1) is 10.2. The molecule has 1 aromatic rings. The van der Waals surface area contributed by atoms with Gasteiger partial charge in [0.1, 0.15) is 5.78 Å². The van der Waals surface area contributed by atoms with Crippen LogP contribution in [-0.4, -0.2) is 27.0 Å². The minimum atomic E-state index is -3.53. The minimum absolute atomic E-state index is 0.0757. The molecule has 3 rings (SSSR count). The maximum Gasteiger partial charge on any atom is 0.235 e. The van der Waals surface area contributed by atoms with E-state index in [-0.39, 0.29) is 17.0 Å². The van der Waals surface area contributed by atoms with Crippen molar-refractivity contribution in [3.63, 3.8) is 0 Å². The topological polar surface area (TPSA) is 54.5 Å². The fourth-order valence-corrected chi connectivity index (χ4v) is 6.25. The van der Waals surface area contributed by atoms with Gasteiger partial charge in [-0.05, 0) is 36.3 Å². The van der Waals surface area contributed by atoms with E-state index in [2.05, 4.69) is 13.8 Å². The van der Waals surface area contributed by atoms with Crippen molar-refractivity contribution in [2.45, 2.75) is 33.1 Å². The van der Waals surface area contributed by atoms with Crippen molar-refractivity contribution in [3.05, 3.63) is 30.3 Å². The second kappa shape index (κ2) is 4.82. The van der Waals surface area contributed by atoms with E-state index in [0.29, 0.717) is 24.4 Å². The van der Waals surface area contributed by atoms with Gasteiger partial charge in [0, 0.05) is 13.5 Å². The predicted molar refractivity (Wildman–Crippen MR) is 87.2 cm³/mol. The molecule has 0 radical (unpaired) electrons. The van der Waals surface area contributed by atoms with Crippen LogP contribution in [0.1, 0.15) is 33.1 Å². The van der Waals surface area contributed by atoms with Crippen molar-refractivity contribution in [3.8, 4) is 0 Å². The molecule has 2 aliphatic rings. The van der Waals surface area contributed by atoms with Gasteiger partial charge in [0.25, 0.3) is 0 Å². The quantitative estimate of drug-likeness (QED) is 0.857. The summed E-state index contributed by atoms with van der Waals surface area (Å²) in [6, 6.07) is 9.03. The molecule has 2 saturated carbocycles. The van der Waals surface area contributed by atoms with Crippen LogP contribution in [0.15, 0.2) is 30.3 Å². The molecule has 5 heteroatoms. The molecule has 0 amide bonds. The summed E-state index contributed by atoms with van der Waals surface area (Å²) in [6.07, 6.45) is 2.20. The average Bonchev–Trinajstić information content (AvgIpc) is 2.81. The molecular formula is C17H23NO3S. The van der Waals surface area contributed by atoms with Gasteiger partial charge < -0.3 is 0 Å². The molecule has 2 bridgehead atoms. The fourth-order valence-electron chi connectivity index (χ4n) is 4.31. The first kappa shape index (κ1) is 15.5. The monoisotopic (exact) mass is 321 g/mol. The summed E-state index contributed by atoms with van der Waals surface area (Å²) in [5.41, 5.74) is -0.300. The van der Waals surface area contributed by atoms with E-state index in [1.165, 1.54) is 4.31 Å². The number of carbonyl (C=O) groups is 1. The summed E-state index contributed by atoms with van der Waals surface area (Å²) in [5, 5.41) is 0. The molecule has 0 unspecified atom stereocenters. The lowest BCUT2D eigenvalue weighted by Crippen LogP contribution is -2.45. The Balaban J connectivity index is 1.93. The largest absolute Gasteiger partial charge is 0.299 e. The molecule has 0 heterocycles. The van der Waals surface area contributed by atoms with Gasteiger partial charge in [-0.2, -0.15) is 0 Å². The van der Waals surface area contributed by atoms with Crippen molar-refractivity contribution >= 4 is 21.5 Å². The van der Waals surface area contributed by atoms with E-state index in [0.717, 1.165) is 6.42 Å². The molecule has 120 valence electrons. The SMILES string of the molecule is CN(c1ccccc1)S(=O)(=O)C[C@@]12CC[C@@H](CC1=O)C2(C)C. The summed E-state index contributed by atoms with van der Waals surface area (Å²) in [7, 11) is -1.96. The molecule has 0 spiro atoms. The van der Waals surface area contributed by atoms with Crippen molar-refractivity contribution in [1.82, 2.24) is 0 Å². The van der Waals surface area contributed by atoms with Crippen LogP contribution in [0, 0.1) is 16.7 Å². The fraction of sp³-hybridized carbons (Fsp3) is 0.588. The third-order valence-electron chi connectivity index (χ3n) is 6.11. The third-order valence-corrected chi connectivity index (χ3v) is 8.01. The van der Waals surface area contributed by atoms with Gasteiger partial charge in [-0.3, -0.25) is 9.10 Å². The van der Waals surface area contributed by atoms with Crippen molar-refractivity contribution in [2.24, 2.45) is 16.7 Å². The van der Waals surface area contributed by atoms with Crippen LogP contribution in [0.4, 0.5) is 5.69 Å². The molecule has 4 nitrogen and oxygen atoms in total. The molecule has 2 fully saturated rings. The van der Waals surface area contributed by atoms with Crippen LogP contribution >= 0.6 is 0 Å². The van der Waals surface area contributed by atoms with E-state index in [1.807, 2.05) is 18.2 Å². The molecule has 0 saturated heterocycles. The number of carbonyl (C=O) groups excluding carboxylic acids is 1. The molecule has 22 heavy (non-hydrogen) atoms. The Morgan fingerprint density at radius 2 is 1.86 bits per heavy atom. The van der Waals surface area contributed by atoms with Gasteiger partial charge in [-0.15, -0.1) is 0 Å². The average molecular weight is 321 g/mol. The zero-order chi connectivity index (χ0) is 16.2. The number of sulfonamides is 1. The first-order valence-electron chi connectivity index (χ1n) is 7.76. The van der Waals surface area contributed by atoms with E-state index in [9.17, 15) is 13.2 Å². The van der Waals surface area contributed by atoms with Crippen LogP contribution in [-0.2, 0) is 14.8 Å². The first-order valence-corrected chi connectivity index (χ1v) is 9.37. The van der Waals surface area contributed by atoms with E-state index < -0.39 is 15.4 Å². The summed E-state index contributed by atoms with van der Waals surface area (Å²) in [4.78, 5) is 12.5. The smallest absolute Gasteiger partial charge is 0.235 e. The number of nitrogens with zero attached hydrogens (tertiary/aromatic N) is 1. The standard InChI is InChI=1S/C17H23NO3S/c1-16(2)13-9-10-17(16,15(19)11-13)12-22(20,21)18(3)14-7-5-4-6-8-14/h4-8,13H,9-12H2,1-3H3/t13-,17-/m0/s1. The van der Waals surface area contributed by atoms with E-state index in [1.54, 1.807) is 19.2 Å².